The van der Waals surface area contributed by atoms with Crippen molar-refractivity contribution >= 4 is 97.0 Å². The van der Waals surface area contributed by atoms with Crippen LogP contribution in [0.5, 0.6) is 0 Å². The van der Waals surface area contributed by atoms with Gasteiger partial charge in [0, 0.05) is 0 Å². The van der Waals surface area contributed by atoms with Crippen molar-refractivity contribution < 1.29 is 0 Å². The molecule has 0 saturated heterocycles. The third kappa shape index (κ3) is 2.17. The molecule has 0 N–H and O–H groups in total. The van der Waals surface area contributed by atoms with Crippen LogP contribution in [0.4, 0.5) is 0 Å². The van der Waals surface area contributed by atoms with Crippen LogP contribution in [0, 0.1) is 0 Å². The molecule has 0 aliphatic heterocycles. The van der Waals surface area contributed by atoms with Gasteiger partial charge in [0.2, 0.25) is 0 Å². The van der Waals surface area contributed by atoms with Gasteiger partial charge in [0.15, 0.2) is 0 Å². The molecule has 0 saturated carbocycles. The van der Waals surface area contributed by atoms with Crippen LogP contribution < -0.4 is 0 Å². The first-order chi connectivity index (χ1) is 18.3. The Bertz CT molecular complexity index is 2140. The SMILES string of the molecule is C=CC=CC.c1cc2ccc3cc4ccc5ccc6ccc7cc8ccc1c1c2c3c2c4c5c6c7c2c81. The Balaban J connectivity index is 0.000000375. The molecule has 0 aliphatic carbocycles. The lowest BCUT2D eigenvalue weighted by molar-refractivity contribution is 1.74. The Kier molecular flexibility index (Phi) is 3.45. The van der Waals surface area contributed by atoms with Crippen molar-refractivity contribution in [1.29, 1.82) is 0 Å². The highest BCUT2D eigenvalue weighted by molar-refractivity contribution is 6.53. The Labute approximate surface area is 213 Å². The summed E-state index contributed by atoms with van der Waals surface area (Å²) in [5.74, 6) is 0. The van der Waals surface area contributed by atoms with Gasteiger partial charge in [-0.2, -0.15) is 0 Å². The maximum Gasteiger partial charge on any atom is -0.0000929 e. The van der Waals surface area contributed by atoms with Gasteiger partial charge in [0.1, 0.15) is 0 Å². The molecule has 0 bridgehead atoms. The molecule has 0 heteroatoms. The summed E-state index contributed by atoms with van der Waals surface area (Å²) in [6.07, 6.45) is 5.58. The smallest absolute Gasteiger partial charge is 0.0000929 e. The first-order valence-electron chi connectivity index (χ1n) is 13.0. The Morgan fingerprint density at radius 3 is 0.838 bits per heavy atom. The third-order valence-electron chi connectivity index (χ3n) is 8.66. The lowest BCUT2D eigenvalue weighted by Gasteiger charge is -2.25. The van der Waals surface area contributed by atoms with Gasteiger partial charge in [0.25, 0.3) is 0 Å². The summed E-state index contributed by atoms with van der Waals surface area (Å²) in [7, 11) is 0. The topological polar surface area (TPSA) is 0 Å². The van der Waals surface area contributed by atoms with Crippen molar-refractivity contribution in [3.05, 3.63) is 110 Å². The van der Waals surface area contributed by atoms with Crippen LogP contribution in [0.3, 0.4) is 0 Å². The monoisotopic (exact) mass is 466 g/mol. The molecule has 0 fully saturated rings. The van der Waals surface area contributed by atoms with E-state index in [0.29, 0.717) is 0 Å². The number of rotatable bonds is 1. The van der Waals surface area contributed by atoms with Crippen molar-refractivity contribution in [3.63, 3.8) is 0 Å². The molecular weight excluding hydrogens is 444 g/mol. The van der Waals surface area contributed by atoms with E-state index in [0.717, 1.165) is 0 Å². The molecule has 0 heterocycles. The molecule has 0 spiro atoms. The van der Waals surface area contributed by atoms with E-state index in [2.05, 4.69) is 91.5 Å². The van der Waals surface area contributed by atoms with Gasteiger partial charge in [0.05, 0.1) is 0 Å². The second kappa shape index (κ2) is 6.55. The van der Waals surface area contributed by atoms with Gasteiger partial charge in [-0.1, -0.05) is 97.6 Å². The van der Waals surface area contributed by atoms with Crippen LogP contribution in [-0.2, 0) is 0 Å². The third-order valence-corrected chi connectivity index (χ3v) is 8.66. The fraction of sp³-hybridized carbons (Fsp3) is 0.0270. The predicted molar refractivity (Wildman–Crippen MR) is 165 cm³/mol. The lowest BCUT2D eigenvalue weighted by Crippen LogP contribution is -1.96. The van der Waals surface area contributed by atoms with Gasteiger partial charge in [-0.3, -0.25) is 0 Å². The van der Waals surface area contributed by atoms with Gasteiger partial charge >= 0.3 is 0 Å². The quantitative estimate of drug-likeness (QED) is 0.128. The van der Waals surface area contributed by atoms with E-state index in [1.807, 2.05) is 19.1 Å². The molecule has 0 atom stereocenters. The van der Waals surface area contributed by atoms with E-state index < -0.39 is 0 Å². The van der Waals surface area contributed by atoms with Crippen LogP contribution in [0.15, 0.2) is 110 Å². The molecule has 0 nitrogen and oxygen atoms in total. The summed E-state index contributed by atoms with van der Waals surface area (Å²) in [5.41, 5.74) is 0. The highest BCUT2D eigenvalue weighted by Gasteiger charge is 2.25. The normalized spacial score (nSPS) is 13.0. The van der Waals surface area contributed by atoms with Crippen LogP contribution in [-0.4, -0.2) is 0 Å². The first kappa shape index (κ1) is 19.5. The van der Waals surface area contributed by atoms with Gasteiger partial charge in [-0.05, 0) is 116 Å². The van der Waals surface area contributed by atoms with E-state index in [9.17, 15) is 0 Å². The summed E-state index contributed by atoms with van der Waals surface area (Å²) in [4.78, 5) is 0. The van der Waals surface area contributed by atoms with E-state index in [1.54, 1.807) is 6.08 Å². The van der Waals surface area contributed by atoms with E-state index in [-0.39, 0.29) is 0 Å². The van der Waals surface area contributed by atoms with Crippen molar-refractivity contribution in [3.8, 4) is 0 Å². The predicted octanol–water partition coefficient (Wildman–Crippen LogP) is 11.0. The second-order valence-electron chi connectivity index (χ2n) is 10.4. The Morgan fingerprint density at radius 2 is 0.622 bits per heavy atom. The van der Waals surface area contributed by atoms with Crippen molar-refractivity contribution in [2.45, 2.75) is 6.92 Å². The minimum absolute atomic E-state index is 1.35. The summed E-state index contributed by atoms with van der Waals surface area (Å²) in [6.45, 7) is 5.42. The molecule has 0 aliphatic rings. The summed E-state index contributed by atoms with van der Waals surface area (Å²) >= 11 is 0. The number of allylic oxidation sites excluding steroid dienone is 3. The Morgan fingerprint density at radius 1 is 0.378 bits per heavy atom. The van der Waals surface area contributed by atoms with Crippen LogP contribution in [0.25, 0.3) is 97.0 Å². The van der Waals surface area contributed by atoms with Gasteiger partial charge in [-0.15, -0.1) is 0 Å². The molecule has 10 aromatic rings. The summed E-state index contributed by atoms with van der Waals surface area (Å²) in [6, 6.07) is 32.6. The van der Waals surface area contributed by atoms with E-state index >= 15 is 0 Å². The van der Waals surface area contributed by atoms with Crippen LogP contribution >= 0.6 is 0 Å². The van der Waals surface area contributed by atoms with Crippen molar-refractivity contribution in [2.24, 2.45) is 0 Å². The standard InChI is InChI=1S/C32H14.C5H8/c1-2-16-6-10-20-14-22-12-8-18-4-3-17-7-11-21-13-19-9-5-15(1)23-24(16)28(20)32-30(22)26(18)25(17)29(21)31(32)27(19)23;1-3-5-4-2/h1-14H;3-5H,1H2,2H3. The average molecular weight is 467 g/mol. The van der Waals surface area contributed by atoms with E-state index in [4.69, 9.17) is 0 Å². The summed E-state index contributed by atoms with van der Waals surface area (Å²) in [5, 5.41) is 25.4. The van der Waals surface area contributed by atoms with Crippen LogP contribution in [0.2, 0.25) is 0 Å². The minimum Gasteiger partial charge on any atom is -0.0991 e. The van der Waals surface area contributed by atoms with E-state index in [1.165, 1.54) is 97.0 Å². The zero-order chi connectivity index (χ0) is 24.4. The number of hydrogen-bond acceptors (Lipinski definition) is 0. The zero-order valence-corrected chi connectivity index (χ0v) is 20.5. The fourth-order valence-electron chi connectivity index (χ4n) is 7.31. The molecular formula is C37H22. The Hall–Kier alpha value is -4.68. The molecule has 0 unspecified atom stereocenters. The zero-order valence-electron chi connectivity index (χ0n) is 20.5. The fourth-order valence-corrected chi connectivity index (χ4v) is 7.31. The van der Waals surface area contributed by atoms with Crippen molar-refractivity contribution in [2.75, 3.05) is 0 Å². The maximum absolute atomic E-state index is 3.46. The number of benzene rings is 10. The molecule has 37 heavy (non-hydrogen) atoms. The largest absolute Gasteiger partial charge is 0.0991 e. The minimum atomic E-state index is 1.35. The highest BCUT2D eigenvalue weighted by Crippen LogP contribution is 2.54. The van der Waals surface area contributed by atoms with Crippen molar-refractivity contribution in [1.82, 2.24) is 0 Å². The molecule has 0 amide bonds. The molecule has 10 aromatic carbocycles. The molecule has 10 rings (SSSR count). The van der Waals surface area contributed by atoms with Crippen LogP contribution in [0.1, 0.15) is 6.92 Å². The van der Waals surface area contributed by atoms with Gasteiger partial charge in [-0.25, -0.2) is 0 Å². The highest BCUT2D eigenvalue weighted by atomic mass is 14.3. The molecule has 170 valence electrons. The first-order valence-corrected chi connectivity index (χ1v) is 13.0. The van der Waals surface area contributed by atoms with Gasteiger partial charge < -0.3 is 0 Å². The molecule has 0 aromatic heterocycles. The average Bonchev–Trinajstić information content (AvgIpc) is 2.94. The molecule has 0 radical (unpaired) electrons. The number of hydrogen-bond donors (Lipinski definition) is 0. The maximum atomic E-state index is 3.46. The lowest BCUT2D eigenvalue weighted by atomic mass is 9.77. The second-order valence-corrected chi connectivity index (χ2v) is 10.4. The summed E-state index contributed by atoms with van der Waals surface area (Å²) < 4.78 is 0.